The number of benzene rings is 1. The lowest BCUT2D eigenvalue weighted by atomic mass is 10.1. The molecule has 8 nitrogen and oxygen atoms in total. The number of sulfone groups is 1. The first-order valence-corrected chi connectivity index (χ1v) is 8.05. The topological polar surface area (TPSA) is 118 Å². The third kappa shape index (κ3) is 3.13. The molecule has 0 aromatic heterocycles. The van der Waals surface area contributed by atoms with E-state index in [0.29, 0.717) is 13.0 Å². The van der Waals surface area contributed by atoms with Crippen molar-refractivity contribution in [2.75, 3.05) is 24.2 Å². The summed E-state index contributed by atoms with van der Waals surface area (Å²) in [4.78, 5) is 22.9. The Labute approximate surface area is 121 Å². The maximum Gasteiger partial charge on any atom is 0.308 e. The van der Waals surface area contributed by atoms with Crippen LogP contribution in [0, 0.1) is 16.0 Å². The molecule has 0 aliphatic carbocycles. The third-order valence-electron chi connectivity index (χ3n) is 3.45. The van der Waals surface area contributed by atoms with Crippen molar-refractivity contribution in [3.8, 4) is 0 Å². The highest BCUT2D eigenvalue weighted by Crippen LogP contribution is 2.34. The Morgan fingerprint density at radius 3 is 2.62 bits per heavy atom. The molecule has 1 aliphatic heterocycles. The first-order chi connectivity index (χ1) is 9.70. The molecule has 1 aromatic rings. The first kappa shape index (κ1) is 15.2. The molecular weight excluding hydrogens is 300 g/mol. The van der Waals surface area contributed by atoms with Gasteiger partial charge in [-0.1, -0.05) is 0 Å². The van der Waals surface area contributed by atoms with Gasteiger partial charge >= 0.3 is 5.97 Å². The van der Waals surface area contributed by atoms with Gasteiger partial charge in [0.2, 0.25) is 0 Å². The minimum atomic E-state index is -3.54. The summed E-state index contributed by atoms with van der Waals surface area (Å²) in [6.45, 7) is 0.560. The third-order valence-corrected chi connectivity index (χ3v) is 4.56. The maximum atomic E-state index is 11.5. The summed E-state index contributed by atoms with van der Waals surface area (Å²) in [7, 11) is -3.54. The summed E-state index contributed by atoms with van der Waals surface area (Å²) in [5.41, 5.74) is -0.0832. The SMILES string of the molecule is CS(=O)(=O)c1ccc(N2CCC(C(=O)O)C2)c([N+](=O)[O-])c1. The highest BCUT2D eigenvalue weighted by atomic mass is 32.2. The number of anilines is 1. The van der Waals surface area contributed by atoms with Crippen molar-refractivity contribution < 1.29 is 23.2 Å². The zero-order valence-corrected chi connectivity index (χ0v) is 12.0. The average Bonchev–Trinajstić information content (AvgIpc) is 2.86. The quantitative estimate of drug-likeness (QED) is 0.648. The first-order valence-electron chi connectivity index (χ1n) is 6.16. The molecule has 0 radical (unpaired) electrons. The van der Waals surface area contributed by atoms with E-state index in [0.717, 1.165) is 12.3 Å². The summed E-state index contributed by atoms with van der Waals surface area (Å²) in [5, 5.41) is 20.1. The highest BCUT2D eigenvalue weighted by Gasteiger charge is 2.32. The van der Waals surface area contributed by atoms with Gasteiger partial charge in [0.15, 0.2) is 9.84 Å². The number of hydrogen-bond acceptors (Lipinski definition) is 6. The predicted octanol–water partition coefficient (Wildman–Crippen LogP) is 0.909. The summed E-state index contributed by atoms with van der Waals surface area (Å²) in [6, 6.07) is 3.67. The highest BCUT2D eigenvalue weighted by molar-refractivity contribution is 7.90. The van der Waals surface area contributed by atoms with Crippen LogP contribution in [0.25, 0.3) is 0 Å². The van der Waals surface area contributed by atoms with Crippen LogP contribution in [0.2, 0.25) is 0 Å². The van der Waals surface area contributed by atoms with Gasteiger partial charge in [0, 0.05) is 25.4 Å². The fraction of sp³-hybridized carbons (Fsp3) is 0.417. The molecule has 114 valence electrons. The van der Waals surface area contributed by atoms with E-state index in [1.807, 2.05) is 0 Å². The minimum absolute atomic E-state index is 0.132. The van der Waals surface area contributed by atoms with E-state index in [2.05, 4.69) is 0 Å². The van der Waals surface area contributed by atoms with Gasteiger partial charge < -0.3 is 10.0 Å². The van der Waals surface area contributed by atoms with Crippen molar-refractivity contribution in [3.05, 3.63) is 28.3 Å². The molecule has 2 rings (SSSR count). The van der Waals surface area contributed by atoms with Crippen LogP contribution in [0.1, 0.15) is 6.42 Å². The van der Waals surface area contributed by atoms with Crippen LogP contribution in [0.3, 0.4) is 0 Å². The van der Waals surface area contributed by atoms with Gasteiger partial charge in [-0.25, -0.2) is 8.42 Å². The molecule has 1 aliphatic rings. The number of nitrogens with zero attached hydrogens (tertiary/aromatic N) is 2. The van der Waals surface area contributed by atoms with Gasteiger partial charge in [0.05, 0.1) is 15.7 Å². The number of rotatable bonds is 4. The van der Waals surface area contributed by atoms with Crippen LogP contribution in [0.15, 0.2) is 23.1 Å². The smallest absolute Gasteiger partial charge is 0.308 e. The van der Waals surface area contributed by atoms with Gasteiger partial charge in [-0.05, 0) is 18.6 Å². The normalized spacial score (nSPS) is 18.7. The summed E-state index contributed by atoms with van der Waals surface area (Å²) >= 11 is 0. The van der Waals surface area contributed by atoms with E-state index >= 15 is 0 Å². The maximum absolute atomic E-state index is 11.5. The van der Waals surface area contributed by atoms with Gasteiger partial charge in [-0.15, -0.1) is 0 Å². The summed E-state index contributed by atoms with van der Waals surface area (Å²) in [6.07, 6.45) is 1.38. The molecule has 1 unspecified atom stereocenters. The minimum Gasteiger partial charge on any atom is -0.481 e. The average molecular weight is 314 g/mol. The second-order valence-corrected chi connectivity index (χ2v) is 6.97. The zero-order valence-electron chi connectivity index (χ0n) is 11.2. The van der Waals surface area contributed by atoms with Gasteiger partial charge in [0.1, 0.15) is 5.69 Å². The zero-order chi connectivity index (χ0) is 15.8. The van der Waals surface area contributed by atoms with Crippen molar-refractivity contribution in [1.29, 1.82) is 0 Å². The van der Waals surface area contributed by atoms with E-state index in [9.17, 15) is 23.3 Å². The van der Waals surface area contributed by atoms with E-state index < -0.39 is 26.6 Å². The van der Waals surface area contributed by atoms with Crippen molar-refractivity contribution >= 4 is 27.2 Å². The molecule has 1 atom stereocenters. The molecule has 1 heterocycles. The van der Waals surface area contributed by atoms with Gasteiger partial charge in [-0.3, -0.25) is 14.9 Å². The molecule has 9 heteroatoms. The summed E-state index contributed by atoms with van der Waals surface area (Å²) < 4.78 is 22.9. The van der Waals surface area contributed by atoms with Gasteiger partial charge in [0.25, 0.3) is 5.69 Å². The van der Waals surface area contributed by atoms with Crippen molar-refractivity contribution in [3.63, 3.8) is 0 Å². The molecule has 0 amide bonds. The molecule has 1 N–H and O–H groups in total. The molecule has 0 bridgehead atoms. The largest absolute Gasteiger partial charge is 0.481 e. The molecule has 1 fully saturated rings. The Hall–Kier alpha value is -2.16. The summed E-state index contributed by atoms with van der Waals surface area (Å²) in [5.74, 6) is -1.51. The lowest BCUT2D eigenvalue weighted by Gasteiger charge is -2.18. The van der Waals surface area contributed by atoms with Crippen LogP contribution in [-0.2, 0) is 14.6 Å². The van der Waals surface area contributed by atoms with E-state index in [-0.39, 0.29) is 22.8 Å². The van der Waals surface area contributed by atoms with E-state index in [1.165, 1.54) is 12.1 Å². The molecule has 0 spiro atoms. The second kappa shape index (κ2) is 5.32. The van der Waals surface area contributed by atoms with Crippen LogP contribution in [0.5, 0.6) is 0 Å². The van der Waals surface area contributed by atoms with Crippen molar-refractivity contribution in [2.45, 2.75) is 11.3 Å². The number of carboxylic acids is 1. The Morgan fingerprint density at radius 2 is 2.14 bits per heavy atom. The van der Waals surface area contributed by atoms with Crippen LogP contribution < -0.4 is 4.90 Å². The van der Waals surface area contributed by atoms with Crippen LogP contribution in [-0.4, -0.2) is 43.8 Å². The molecule has 0 saturated carbocycles. The number of carboxylic acid groups (broad SMARTS) is 1. The Bertz CT molecular complexity index is 700. The molecular formula is C12H14N2O6S. The van der Waals surface area contributed by atoms with Crippen LogP contribution >= 0.6 is 0 Å². The predicted molar refractivity (Wildman–Crippen MR) is 74.2 cm³/mol. The van der Waals surface area contributed by atoms with E-state index in [4.69, 9.17) is 5.11 Å². The fourth-order valence-corrected chi connectivity index (χ4v) is 2.97. The Balaban J connectivity index is 2.41. The number of aliphatic carboxylic acids is 1. The van der Waals surface area contributed by atoms with Gasteiger partial charge in [-0.2, -0.15) is 0 Å². The van der Waals surface area contributed by atoms with Crippen LogP contribution in [0.4, 0.5) is 11.4 Å². The van der Waals surface area contributed by atoms with E-state index in [1.54, 1.807) is 4.90 Å². The number of nitro benzene ring substituents is 1. The fourth-order valence-electron chi connectivity index (χ4n) is 2.33. The van der Waals surface area contributed by atoms with Crippen molar-refractivity contribution in [1.82, 2.24) is 0 Å². The number of nitro groups is 1. The Kier molecular flexibility index (Phi) is 3.86. The monoisotopic (exact) mass is 314 g/mol. The lowest BCUT2D eigenvalue weighted by Crippen LogP contribution is -2.23. The second-order valence-electron chi connectivity index (χ2n) is 4.95. The number of hydrogen-bond donors (Lipinski definition) is 1. The Morgan fingerprint density at radius 1 is 1.48 bits per heavy atom. The molecule has 1 saturated heterocycles. The standard InChI is InChI=1S/C12H14N2O6S/c1-21(19,20)9-2-3-10(11(6-9)14(17)18)13-5-4-8(7-13)12(15)16/h2-3,6,8H,4-5,7H2,1H3,(H,15,16). The van der Waals surface area contributed by atoms with Crippen molar-refractivity contribution in [2.24, 2.45) is 5.92 Å². The molecule has 21 heavy (non-hydrogen) atoms. The lowest BCUT2D eigenvalue weighted by molar-refractivity contribution is -0.384. The number of carbonyl (C=O) groups is 1. The molecule has 1 aromatic carbocycles.